The number of aromatic nitrogens is 3. The molecule has 198 valence electrons. The number of fused-ring (bicyclic) bond motifs is 1. The number of nitrogens with zero attached hydrogens (tertiary/aromatic N) is 3. The summed E-state index contributed by atoms with van der Waals surface area (Å²) in [4.78, 5) is 23.3. The third-order valence-corrected chi connectivity index (χ3v) is 6.44. The molecule has 1 aromatic carbocycles. The summed E-state index contributed by atoms with van der Waals surface area (Å²) in [5.41, 5.74) is 7.17. The highest BCUT2D eigenvalue weighted by Crippen LogP contribution is 2.31. The molecule has 0 bridgehead atoms. The average Bonchev–Trinajstić information content (AvgIpc) is 3.30. The van der Waals surface area contributed by atoms with Crippen LogP contribution in [0.3, 0.4) is 0 Å². The number of likely N-dealkylation sites (N-methyl/N-ethyl adjacent to an activating group) is 1. The lowest BCUT2D eigenvalue weighted by atomic mass is 9.91. The normalized spacial score (nSPS) is 17.9. The molecular weight excluding hydrogens is 500 g/mol. The highest BCUT2D eigenvalue weighted by molar-refractivity contribution is 6.31. The van der Waals surface area contributed by atoms with E-state index in [9.17, 15) is 13.6 Å². The van der Waals surface area contributed by atoms with Crippen LogP contribution in [0.25, 0.3) is 22.3 Å². The Kier molecular flexibility index (Phi) is 9.60. The van der Waals surface area contributed by atoms with Crippen LogP contribution in [-0.4, -0.2) is 59.4 Å². The Morgan fingerprint density at radius 1 is 1.27 bits per heavy atom. The van der Waals surface area contributed by atoms with E-state index in [1.165, 1.54) is 12.1 Å². The molecule has 0 saturated heterocycles. The molecule has 0 radical (unpaired) electrons. The van der Waals surface area contributed by atoms with Gasteiger partial charge in [-0.25, -0.2) is 18.7 Å². The summed E-state index contributed by atoms with van der Waals surface area (Å²) in [6.45, 7) is 3.44. The Hall–Kier alpha value is -3.50. The number of anilines is 1. The standard InChI is InChI=1S/C19H20ClF2N5.C7H12N2O/c1-23-11-3-2-4-12(7-11)26-19-16(22)9-25-18(27-19)14-8-24-17-13(14)5-10(20)6-15(17)21;1-4-6(8)7(5-10)9(2)3/h5-6,8-9,11-12,23-24H,2-4,7H2,1H3,(H,25,26,27);4-5H,1,8H2,2-3H3/b;7-6+/t11-,12+;/m1./s1. The van der Waals surface area contributed by atoms with Crippen LogP contribution in [0.2, 0.25) is 5.02 Å². The minimum atomic E-state index is -0.505. The van der Waals surface area contributed by atoms with Gasteiger partial charge in [0.1, 0.15) is 5.82 Å². The summed E-state index contributed by atoms with van der Waals surface area (Å²) in [5, 5.41) is 7.33. The van der Waals surface area contributed by atoms with Crippen molar-refractivity contribution in [1.29, 1.82) is 0 Å². The van der Waals surface area contributed by atoms with Crippen molar-refractivity contribution in [2.45, 2.75) is 37.8 Å². The molecule has 8 nitrogen and oxygen atoms in total. The number of aldehydes is 1. The first-order valence-electron chi connectivity index (χ1n) is 11.9. The monoisotopic (exact) mass is 531 g/mol. The van der Waals surface area contributed by atoms with Crippen LogP contribution >= 0.6 is 11.6 Å². The molecule has 0 spiro atoms. The van der Waals surface area contributed by atoms with Gasteiger partial charge < -0.3 is 26.3 Å². The zero-order valence-electron chi connectivity index (χ0n) is 21.1. The average molecular weight is 532 g/mol. The second kappa shape index (κ2) is 12.6. The van der Waals surface area contributed by atoms with Crippen molar-refractivity contribution in [1.82, 2.24) is 25.2 Å². The maximum Gasteiger partial charge on any atom is 0.183 e. The van der Waals surface area contributed by atoms with E-state index in [4.69, 9.17) is 17.3 Å². The topological polar surface area (TPSA) is 112 Å². The van der Waals surface area contributed by atoms with Crippen molar-refractivity contribution in [2.75, 3.05) is 26.5 Å². The zero-order valence-corrected chi connectivity index (χ0v) is 21.9. The second-order valence-corrected chi connectivity index (χ2v) is 9.39. The molecule has 3 aromatic rings. The van der Waals surface area contributed by atoms with Crippen molar-refractivity contribution < 1.29 is 13.6 Å². The van der Waals surface area contributed by atoms with Gasteiger partial charge in [-0.1, -0.05) is 18.2 Å². The molecule has 11 heteroatoms. The fourth-order valence-corrected chi connectivity index (χ4v) is 4.46. The van der Waals surface area contributed by atoms with E-state index in [1.54, 1.807) is 31.3 Å². The first kappa shape index (κ1) is 28.1. The van der Waals surface area contributed by atoms with Gasteiger partial charge >= 0.3 is 0 Å². The summed E-state index contributed by atoms with van der Waals surface area (Å²) in [7, 11) is 5.44. The number of hydrogen-bond acceptors (Lipinski definition) is 7. The van der Waals surface area contributed by atoms with Crippen molar-refractivity contribution in [2.24, 2.45) is 5.73 Å². The first-order chi connectivity index (χ1) is 17.7. The quantitative estimate of drug-likeness (QED) is 0.200. The molecule has 37 heavy (non-hydrogen) atoms. The third-order valence-electron chi connectivity index (χ3n) is 6.22. The van der Waals surface area contributed by atoms with Gasteiger partial charge in [0.2, 0.25) is 0 Å². The Balaban J connectivity index is 0.000000325. The van der Waals surface area contributed by atoms with E-state index in [0.29, 0.717) is 46.0 Å². The van der Waals surface area contributed by atoms with Gasteiger partial charge in [0, 0.05) is 48.3 Å². The summed E-state index contributed by atoms with van der Waals surface area (Å²) >= 11 is 5.98. The zero-order chi connectivity index (χ0) is 27.1. The van der Waals surface area contributed by atoms with Crippen LogP contribution in [0.4, 0.5) is 14.6 Å². The molecule has 1 aliphatic rings. The summed E-state index contributed by atoms with van der Waals surface area (Å²) < 4.78 is 28.4. The van der Waals surface area contributed by atoms with Crippen molar-refractivity contribution in [3.05, 3.63) is 65.2 Å². The SMILES string of the molecule is C=C/C(N)=C(/C=O)N(C)C.CN[C@@H]1CCC[C@H](Nc2nc(-c3c[nH]c4c(F)cc(Cl)cc34)ncc2F)C1. The highest BCUT2D eigenvalue weighted by atomic mass is 35.5. The van der Waals surface area contributed by atoms with Gasteiger partial charge in [0.05, 0.1) is 23.1 Å². The van der Waals surface area contributed by atoms with Crippen LogP contribution in [0.15, 0.2) is 48.6 Å². The smallest absolute Gasteiger partial charge is 0.183 e. The lowest BCUT2D eigenvalue weighted by molar-refractivity contribution is -0.106. The van der Waals surface area contributed by atoms with Crippen LogP contribution in [-0.2, 0) is 4.79 Å². The fourth-order valence-electron chi connectivity index (χ4n) is 4.25. The Bertz CT molecular complexity index is 1290. The van der Waals surface area contributed by atoms with Crippen molar-refractivity contribution in [3.63, 3.8) is 0 Å². The summed E-state index contributed by atoms with van der Waals surface area (Å²) in [6, 6.07) is 3.44. The largest absolute Gasteiger partial charge is 0.397 e. The lowest BCUT2D eigenvalue weighted by Gasteiger charge is -2.29. The number of rotatable bonds is 7. The van der Waals surface area contributed by atoms with Crippen LogP contribution in [0, 0.1) is 11.6 Å². The predicted octanol–water partition coefficient (Wildman–Crippen LogP) is 4.60. The molecule has 2 atom stereocenters. The number of halogens is 3. The number of nitrogens with one attached hydrogen (secondary N) is 3. The Labute approximate surface area is 220 Å². The van der Waals surface area contributed by atoms with Gasteiger partial charge in [0.15, 0.2) is 23.7 Å². The van der Waals surface area contributed by atoms with E-state index >= 15 is 0 Å². The molecule has 1 fully saturated rings. The second-order valence-electron chi connectivity index (χ2n) is 8.95. The van der Waals surface area contributed by atoms with Gasteiger partial charge in [-0.2, -0.15) is 0 Å². The lowest BCUT2D eigenvalue weighted by Crippen LogP contribution is -2.37. The highest BCUT2D eigenvalue weighted by Gasteiger charge is 2.23. The molecule has 2 heterocycles. The molecular formula is C26H32ClF2N7O. The number of nitrogens with two attached hydrogens (primary N) is 1. The number of allylic oxidation sites excluding steroid dienone is 2. The molecule has 5 N–H and O–H groups in total. The fraction of sp³-hybridized carbons (Fsp3) is 0.346. The van der Waals surface area contributed by atoms with Crippen LogP contribution in [0.5, 0.6) is 0 Å². The Morgan fingerprint density at radius 2 is 2.00 bits per heavy atom. The van der Waals surface area contributed by atoms with Gasteiger partial charge in [-0.3, -0.25) is 4.79 Å². The minimum absolute atomic E-state index is 0.142. The van der Waals surface area contributed by atoms with Crippen LogP contribution in [0.1, 0.15) is 25.7 Å². The van der Waals surface area contributed by atoms with E-state index in [1.807, 2.05) is 7.05 Å². The minimum Gasteiger partial charge on any atom is -0.397 e. The van der Waals surface area contributed by atoms with E-state index in [-0.39, 0.29) is 16.9 Å². The van der Waals surface area contributed by atoms with Gasteiger partial charge in [0.25, 0.3) is 0 Å². The van der Waals surface area contributed by atoms with E-state index in [0.717, 1.165) is 31.9 Å². The number of H-pyrrole nitrogens is 1. The third kappa shape index (κ3) is 6.84. The number of aromatic amines is 1. The predicted molar refractivity (Wildman–Crippen MR) is 144 cm³/mol. The first-order valence-corrected chi connectivity index (χ1v) is 12.2. The summed E-state index contributed by atoms with van der Waals surface area (Å²) in [5.74, 6) is -0.481. The summed E-state index contributed by atoms with van der Waals surface area (Å²) in [6.07, 6.45) is 8.97. The van der Waals surface area contributed by atoms with Gasteiger partial charge in [-0.15, -0.1) is 0 Å². The molecule has 4 rings (SSSR count). The van der Waals surface area contributed by atoms with Gasteiger partial charge in [-0.05, 0) is 50.9 Å². The maximum absolute atomic E-state index is 14.3. The molecule has 2 aromatic heterocycles. The molecule has 1 saturated carbocycles. The molecule has 0 amide bonds. The number of carbonyl (C=O) groups is 1. The molecule has 1 aliphatic carbocycles. The van der Waals surface area contributed by atoms with E-state index < -0.39 is 11.6 Å². The van der Waals surface area contributed by atoms with E-state index in [2.05, 4.69) is 32.2 Å². The Morgan fingerprint density at radius 3 is 2.62 bits per heavy atom. The van der Waals surface area contributed by atoms with Crippen molar-refractivity contribution >= 4 is 34.6 Å². The molecule has 0 unspecified atom stereocenters. The molecule has 0 aliphatic heterocycles. The number of hydrogen-bond donors (Lipinski definition) is 4. The number of carbonyl (C=O) groups excluding carboxylic acids is 1. The number of benzene rings is 1. The maximum atomic E-state index is 14.3. The van der Waals surface area contributed by atoms with Crippen molar-refractivity contribution in [3.8, 4) is 11.4 Å². The van der Waals surface area contributed by atoms with Crippen LogP contribution < -0.4 is 16.4 Å².